The number of rotatable bonds is 5. The van der Waals surface area contributed by atoms with Crippen LogP contribution in [0.1, 0.15) is 25.7 Å². The molecule has 0 heterocycles. The lowest BCUT2D eigenvalue weighted by atomic mass is 10.1. The molecule has 0 aliphatic heterocycles. The minimum Gasteiger partial charge on any atom is -0.381 e. The smallest absolute Gasteiger partial charge is 0.237 e. The lowest BCUT2D eigenvalue weighted by Crippen LogP contribution is -2.46. The van der Waals surface area contributed by atoms with Gasteiger partial charge in [-0.3, -0.25) is 9.59 Å². The summed E-state index contributed by atoms with van der Waals surface area (Å²) in [4.78, 5) is 22.1. The van der Waals surface area contributed by atoms with Gasteiger partial charge in [0, 0.05) is 13.2 Å². The van der Waals surface area contributed by atoms with Crippen molar-refractivity contribution in [1.82, 2.24) is 5.32 Å². The van der Waals surface area contributed by atoms with Crippen molar-refractivity contribution in [3.8, 4) is 0 Å². The number of ether oxygens (including phenoxy) is 1. The average Bonchev–Trinajstić information content (AvgIpc) is 2.64. The molecule has 5 N–H and O–H groups in total. The number of primary amides is 1. The summed E-state index contributed by atoms with van der Waals surface area (Å²) < 4.78 is 5.19. The normalized spacial score (nSPS) is 26.4. The fourth-order valence-corrected chi connectivity index (χ4v) is 1.90. The number of nitrogens with one attached hydrogen (secondary N) is 1. The molecule has 0 aromatic heterocycles. The predicted molar refractivity (Wildman–Crippen MR) is 58.4 cm³/mol. The first kappa shape index (κ1) is 12.9. The highest BCUT2D eigenvalue weighted by Crippen LogP contribution is 2.21. The van der Waals surface area contributed by atoms with Gasteiger partial charge in [-0.05, 0) is 19.3 Å². The number of hydrogen-bond donors (Lipinski definition) is 3. The Hall–Kier alpha value is -1.14. The Morgan fingerprint density at radius 2 is 2.19 bits per heavy atom. The van der Waals surface area contributed by atoms with Crippen molar-refractivity contribution in [1.29, 1.82) is 0 Å². The molecule has 0 spiro atoms. The number of methoxy groups -OCH3 is 1. The second kappa shape index (κ2) is 5.81. The van der Waals surface area contributed by atoms with E-state index in [9.17, 15) is 9.59 Å². The number of nitrogens with two attached hydrogens (primary N) is 2. The van der Waals surface area contributed by atoms with Crippen LogP contribution in [0.15, 0.2) is 0 Å². The fourth-order valence-electron chi connectivity index (χ4n) is 1.90. The monoisotopic (exact) mass is 229 g/mol. The van der Waals surface area contributed by atoms with E-state index in [2.05, 4.69) is 5.32 Å². The van der Waals surface area contributed by atoms with Gasteiger partial charge in [0.25, 0.3) is 0 Å². The quantitative estimate of drug-likeness (QED) is 0.554. The van der Waals surface area contributed by atoms with Crippen molar-refractivity contribution in [2.75, 3.05) is 7.11 Å². The van der Waals surface area contributed by atoms with Crippen molar-refractivity contribution in [2.24, 2.45) is 11.5 Å². The van der Waals surface area contributed by atoms with Crippen molar-refractivity contribution in [3.63, 3.8) is 0 Å². The van der Waals surface area contributed by atoms with E-state index in [0.29, 0.717) is 0 Å². The van der Waals surface area contributed by atoms with Crippen LogP contribution >= 0.6 is 0 Å². The van der Waals surface area contributed by atoms with Crippen LogP contribution in [0.5, 0.6) is 0 Å². The Morgan fingerprint density at radius 3 is 2.69 bits per heavy atom. The zero-order valence-electron chi connectivity index (χ0n) is 9.44. The molecular weight excluding hydrogens is 210 g/mol. The maximum absolute atomic E-state index is 11.5. The molecule has 6 heteroatoms. The molecule has 3 unspecified atom stereocenters. The topological polar surface area (TPSA) is 107 Å². The number of hydrogen-bond acceptors (Lipinski definition) is 4. The molecule has 3 atom stereocenters. The highest BCUT2D eigenvalue weighted by Gasteiger charge is 2.27. The summed E-state index contributed by atoms with van der Waals surface area (Å²) in [5.74, 6) is -0.885. The van der Waals surface area contributed by atoms with Crippen molar-refractivity contribution in [3.05, 3.63) is 0 Å². The average molecular weight is 229 g/mol. The largest absolute Gasteiger partial charge is 0.381 e. The van der Waals surface area contributed by atoms with Gasteiger partial charge in [0.05, 0.1) is 18.6 Å². The molecule has 1 fully saturated rings. The first-order valence-corrected chi connectivity index (χ1v) is 5.40. The minimum atomic E-state index is -0.848. The molecule has 0 aromatic rings. The van der Waals surface area contributed by atoms with Crippen LogP contribution in [-0.4, -0.2) is 37.1 Å². The molecule has 92 valence electrons. The first-order chi connectivity index (χ1) is 7.52. The second-order valence-corrected chi connectivity index (χ2v) is 4.15. The molecule has 16 heavy (non-hydrogen) atoms. The maximum atomic E-state index is 11.5. The molecule has 1 rings (SSSR count). The summed E-state index contributed by atoms with van der Waals surface area (Å²) in [5, 5.41) is 2.80. The Morgan fingerprint density at radius 1 is 1.50 bits per heavy atom. The van der Waals surface area contributed by atoms with Crippen LogP contribution in [0, 0.1) is 0 Å². The Labute approximate surface area is 94.7 Å². The lowest BCUT2D eigenvalue weighted by Gasteiger charge is -2.16. The van der Waals surface area contributed by atoms with Crippen LogP contribution in [-0.2, 0) is 14.3 Å². The van der Waals surface area contributed by atoms with Crippen molar-refractivity contribution < 1.29 is 14.3 Å². The summed E-state index contributed by atoms with van der Waals surface area (Å²) in [5.41, 5.74) is 10.5. The van der Waals surface area contributed by atoms with E-state index in [0.717, 1.165) is 19.3 Å². The highest BCUT2D eigenvalue weighted by molar-refractivity contribution is 5.87. The number of amides is 2. The van der Waals surface area contributed by atoms with Crippen molar-refractivity contribution in [2.45, 2.75) is 43.9 Å². The maximum Gasteiger partial charge on any atom is 0.237 e. The molecule has 1 aliphatic rings. The minimum absolute atomic E-state index is 0.0939. The standard InChI is InChI=1S/C10H19N3O3/c1-16-7-3-2-6(4-7)13-10(15)8(11)5-9(12)14/h6-8H,2-5,11H2,1H3,(H2,12,14)(H,13,15). The summed E-state index contributed by atoms with van der Waals surface area (Å²) >= 11 is 0. The first-order valence-electron chi connectivity index (χ1n) is 5.40. The Balaban J connectivity index is 2.31. The third-order valence-corrected chi connectivity index (χ3v) is 2.82. The molecule has 0 radical (unpaired) electrons. The van der Waals surface area contributed by atoms with Gasteiger partial charge in [-0.1, -0.05) is 0 Å². The molecule has 1 aliphatic carbocycles. The molecule has 0 aromatic carbocycles. The van der Waals surface area contributed by atoms with E-state index in [1.54, 1.807) is 7.11 Å². The van der Waals surface area contributed by atoms with E-state index in [-0.39, 0.29) is 24.5 Å². The van der Waals surface area contributed by atoms with E-state index < -0.39 is 11.9 Å². The zero-order chi connectivity index (χ0) is 12.1. The third kappa shape index (κ3) is 3.79. The van der Waals surface area contributed by atoms with Gasteiger partial charge in [0.15, 0.2) is 0 Å². The fraction of sp³-hybridized carbons (Fsp3) is 0.800. The van der Waals surface area contributed by atoms with E-state index in [4.69, 9.17) is 16.2 Å². The molecule has 0 saturated heterocycles. The van der Waals surface area contributed by atoms with Crippen LogP contribution < -0.4 is 16.8 Å². The van der Waals surface area contributed by atoms with Gasteiger partial charge in [-0.2, -0.15) is 0 Å². The summed E-state index contributed by atoms with van der Waals surface area (Å²) in [7, 11) is 1.66. The summed E-state index contributed by atoms with van der Waals surface area (Å²) in [6.07, 6.45) is 2.70. The van der Waals surface area contributed by atoms with E-state index in [1.807, 2.05) is 0 Å². The van der Waals surface area contributed by atoms with Gasteiger partial charge >= 0.3 is 0 Å². The van der Waals surface area contributed by atoms with Crippen LogP contribution in [0.3, 0.4) is 0 Å². The molecular formula is C10H19N3O3. The second-order valence-electron chi connectivity index (χ2n) is 4.15. The number of carbonyl (C=O) groups excluding carboxylic acids is 2. The van der Waals surface area contributed by atoms with Gasteiger partial charge in [-0.15, -0.1) is 0 Å². The SMILES string of the molecule is COC1CCC(NC(=O)C(N)CC(N)=O)C1. The molecule has 2 amide bonds. The van der Waals surface area contributed by atoms with Gasteiger partial charge in [0.1, 0.15) is 0 Å². The third-order valence-electron chi connectivity index (χ3n) is 2.82. The van der Waals surface area contributed by atoms with Crippen molar-refractivity contribution >= 4 is 11.8 Å². The Bertz CT molecular complexity index is 270. The molecule has 1 saturated carbocycles. The van der Waals surface area contributed by atoms with Gasteiger partial charge in [-0.25, -0.2) is 0 Å². The van der Waals surface area contributed by atoms with Crippen LogP contribution in [0.4, 0.5) is 0 Å². The molecule has 0 bridgehead atoms. The Kier molecular flexibility index (Phi) is 4.70. The zero-order valence-corrected chi connectivity index (χ0v) is 9.44. The van der Waals surface area contributed by atoms with E-state index in [1.165, 1.54) is 0 Å². The molecule has 6 nitrogen and oxygen atoms in total. The lowest BCUT2D eigenvalue weighted by molar-refractivity contribution is -0.126. The highest BCUT2D eigenvalue weighted by atomic mass is 16.5. The number of carbonyl (C=O) groups is 2. The van der Waals surface area contributed by atoms with E-state index >= 15 is 0 Å². The summed E-state index contributed by atoms with van der Waals surface area (Å²) in [6, 6.07) is -0.754. The van der Waals surface area contributed by atoms with Gasteiger partial charge in [0.2, 0.25) is 11.8 Å². The predicted octanol–water partition coefficient (Wildman–Crippen LogP) is -1.13. The van der Waals surface area contributed by atoms with Crippen LogP contribution in [0.25, 0.3) is 0 Å². The van der Waals surface area contributed by atoms with Crippen LogP contribution in [0.2, 0.25) is 0 Å². The van der Waals surface area contributed by atoms with Gasteiger partial charge < -0.3 is 21.5 Å². The summed E-state index contributed by atoms with van der Waals surface area (Å²) in [6.45, 7) is 0.